The molecule has 0 saturated carbocycles. The number of piperazine rings is 1. The molecule has 0 bridgehead atoms. The first-order chi connectivity index (χ1) is 12.9. The number of para-hydroxylation sites is 1. The molecule has 0 atom stereocenters. The minimum atomic E-state index is -3.76. The molecule has 27 heavy (non-hydrogen) atoms. The first-order valence-electron chi connectivity index (χ1n) is 8.77. The van der Waals surface area contributed by atoms with Crippen molar-refractivity contribution in [2.24, 2.45) is 5.14 Å². The quantitative estimate of drug-likeness (QED) is 0.743. The van der Waals surface area contributed by atoms with Crippen LogP contribution < -0.4 is 14.9 Å². The lowest BCUT2D eigenvalue weighted by molar-refractivity contribution is 0.595. The molecule has 1 aliphatic heterocycles. The Labute approximate surface area is 158 Å². The Morgan fingerprint density at radius 2 is 1.63 bits per heavy atom. The molecule has 7 nitrogen and oxygen atoms in total. The van der Waals surface area contributed by atoms with Crippen LogP contribution in [0.5, 0.6) is 0 Å². The van der Waals surface area contributed by atoms with Crippen LogP contribution in [0.2, 0.25) is 0 Å². The van der Waals surface area contributed by atoms with Gasteiger partial charge in [0, 0.05) is 31.6 Å². The molecule has 1 aliphatic rings. The summed E-state index contributed by atoms with van der Waals surface area (Å²) >= 11 is 0. The van der Waals surface area contributed by atoms with Crippen LogP contribution in [-0.2, 0) is 10.0 Å². The second kappa shape index (κ2) is 6.79. The average Bonchev–Trinajstić information content (AvgIpc) is 2.67. The topological polar surface area (TPSA) is 92.4 Å². The minimum Gasteiger partial charge on any atom is -0.367 e. The summed E-state index contributed by atoms with van der Waals surface area (Å²) in [7, 11) is -3.76. The van der Waals surface area contributed by atoms with Crippen molar-refractivity contribution in [3.8, 4) is 0 Å². The van der Waals surface area contributed by atoms with Crippen LogP contribution in [-0.4, -0.2) is 44.6 Å². The summed E-state index contributed by atoms with van der Waals surface area (Å²) in [4.78, 5) is 13.4. The molecule has 1 saturated heterocycles. The SMILES string of the molecule is Cc1cccc2ncnc(N3CCN(c4ccccc4S(N)(=O)=O)CC3)c12. The molecule has 0 aliphatic carbocycles. The van der Waals surface area contributed by atoms with Gasteiger partial charge in [0.2, 0.25) is 10.0 Å². The summed E-state index contributed by atoms with van der Waals surface area (Å²) < 4.78 is 23.8. The molecule has 1 aromatic heterocycles. The number of aromatic nitrogens is 2. The highest BCUT2D eigenvalue weighted by molar-refractivity contribution is 7.89. The number of sulfonamides is 1. The molecular formula is C19H21N5O2S. The first-order valence-corrected chi connectivity index (χ1v) is 10.3. The lowest BCUT2D eigenvalue weighted by Crippen LogP contribution is -2.47. The molecule has 3 aromatic rings. The Morgan fingerprint density at radius 3 is 2.37 bits per heavy atom. The Morgan fingerprint density at radius 1 is 0.926 bits per heavy atom. The first kappa shape index (κ1) is 17.7. The van der Waals surface area contributed by atoms with Gasteiger partial charge in [-0.3, -0.25) is 0 Å². The van der Waals surface area contributed by atoms with Gasteiger partial charge in [0.25, 0.3) is 0 Å². The smallest absolute Gasteiger partial charge is 0.240 e. The minimum absolute atomic E-state index is 0.168. The van der Waals surface area contributed by atoms with E-state index in [2.05, 4.69) is 32.8 Å². The number of hydrogen-bond acceptors (Lipinski definition) is 6. The molecule has 140 valence electrons. The van der Waals surface area contributed by atoms with Crippen LogP contribution in [0.3, 0.4) is 0 Å². The maximum absolute atomic E-state index is 11.9. The number of fused-ring (bicyclic) bond motifs is 1. The predicted octanol–water partition coefficient (Wildman–Crippen LogP) is 1.91. The van der Waals surface area contributed by atoms with Gasteiger partial charge >= 0.3 is 0 Å². The van der Waals surface area contributed by atoms with Gasteiger partial charge in [-0.15, -0.1) is 0 Å². The van der Waals surface area contributed by atoms with Gasteiger partial charge in [-0.05, 0) is 30.7 Å². The Hall–Kier alpha value is -2.71. The monoisotopic (exact) mass is 383 g/mol. The lowest BCUT2D eigenvalue weighted by atomic mass is 10.1. The molecule has 2 heterocycles. The third kappa shape index (κ3) is 3.33. The number of rotatable bonds is 3. The van der Waals surface area contributed by atoms with E-state index in [4.69, 9.17) is 5.14 Å². The van der Waals surface area contributed by atoms with Crippen LogP contribution >= 0.6 is 0 Å². The van der Waals surface area contributed by atoms with Crippen molar-refractivity contribution in [1.82, 2.24) is 9.97 Å². The number of hydrogen-bond donors (Lipinski definition) is 1. The number of anilines is 2. The molecular weight excluding hydrogens is 362 g/mol. The molecule has 2 aromatic carbocycles. The fourth-order valence-corrected chi connectivity index (χ4v) is 4.38. The Bertz CT molecular complexity index is 1090. The van der Waals surface area contributed by atoms with E-state index in [1.165, 1.54) is 0 Å². The molecule has 4 rings (SSSR count). The zero-order valence-corrected chi connectivity index (χ0v) is 15.9. The van der Waals surface area contributed by atoms with Crippen molar-refractivity contribution in [2.45, 2.75) is 11.8 Å². The van der Waals surface area contributed by atoms with Crippen LogP contribution in [0.15, 0.2) is 53.7 Å². The second-order valence-electron chi connectivity index (χ2n) is 6.65. The third-order valence-corrected chi connectivity index (χ3v) is 5.90. The zero-order valence-electron chi connectivity index (χ0n) is 15.0. The fourth-order valence-electron chi connectivity index (χ4n) is 3.62. The molecule has 8 heteroatoms. The van der Waals surface area contributed by atoms with Crippen LogP contribution in [0.4, 0.5) is 11.5 Å². The van der Waals surface area contributed by atoms with Gasteiger partial charge < -0.3 is 9.80 Å². The number of benzene rings is 2. The van der Waals surface area contributed by atoms with Gasteiger partial charge in [-0.1, -0.05) is 24.3 Å². The average molecular weight is 383 g/mol. The van der Waals surface area contributed by atoms with E-state index in [1.807, 2.05) is 18.2 Å². The molecule has 0 unspecified atom stereocenters. The normalized spacial score (nSPS) is 15.3. The van der Waals surface area contributed by atoms with Crippen molar-refractivity contribution < 1.29 is 8.42 Å². The summed E-state index contributed by atoms with van der Waals surface area (Å²) in [5, 5.41) is 6.45. The highest BCUT2D eigenvalue weighted by atomic mass is 32.2. The van der Waals surface area contributed by atoms with E-state index in [0.29, 0.717) is 18.8 Å². The van der Waals surface area contributed by atoms with E-state index in [-0.39, 0.29) is 4.90 Å². The fraction of sp³-hybridized carbons (Fsp3) is 0.263. The molecule has 1 fully saturated rings. The lowest BCUT2D eigenvalue weighted by Gasteiger charge is -2.37. The van der Waals surface area contributed by atoms with E-state index >= 15 is 0 Å². The molecule has 0 spiro atoms. The van der Waals surface area contributed by atoms with Crippen LogP contribution in [0.25, 0.3) is 10.9 Å². The highest BCUT2D eigenvalue weighted by Gasteiger charge is 2.24. The number of aryl methyl sites for hydroxylation is 1. The predicted molar refractivity (Wildman–Crippen MR) is 107 cm³/mol. The Balaban J connectivity index is 1.61. The van der Waals surface area contributed by atoms with Gasteiger partial charge in [-0.25, -0.2) is 23.5 Å². The zero-order chi connectivity index (χ0) is 19.0. The summed E-state index contributed by atoms with van der Waals surface area (Å²) in [6.45, 7) is 4.90. The summed E-state index contributed by atoms with van der Waals surface area (Å²) in [6.07, 6.45) is 1.60. The van der Waals surface area contributed by atoms with Crippen molar-refractivity contribution in [1.29, 1.82) is 0 Å². The standard InChI is InChI=1S/C19H21N5O2S/c1-14-5-4-6-15-18(14)19(22-13-21-15)24-11-9-23(10-12-24)16-7-2-3-8-17(16)27(20,25)26/h2-8,13H,9-12H2,1H3,(H2,20,25,26). The third-order valence-electron chi connectivity index (χ3n) is 4.94. The molecule has 2 N–H and O–H groups in total. The van der Waals surface area contributed by atoms with Gasteiger partial charge in [0.05, 0.1) is 11.2 Å². The summed E-state index contributed by atoms with van der Waals surface area (Å²) in [5.41, 5.74) is 2.73. The van der Waals surface area contributed by atoms with Gasteiger partial charge in [-0.2, -0.15) is 0 Å². The van der Waals surface area contributed by atoms with Crippen molar-refractivity contribution in [3.63, 3.8) is 0 Å². The van der Waals surface area contributed by atoms with Crippen molar-refractivity contribution in [3.05, 3.63) is 54.4 Å². The maximum atomic E-state index is 11.9. The highest BCUT2D eigenvalue weighted by Crippen LogP contribution is 2.29. The van der Waals surface area contributed by atoms with Crippen molar-refractivity contribution >= 4 is 32.4 Å². The largest absolute Gasteiger partial charge is 0.367 e. The number of nitrogens with two attached hydrogens (primary N) is 1. The van der Waals surface area contributed by atoms with Gasteiger partial charge in [0.1, 0.15) is 17.0 Å². The number of primary sulfonamides is 1. The van der Waals surface area contributed by atoms with E-state index < -0.39 is 10.0 Å². The van der Waals surface area contributed by atoms with Crippen molar-refractivity contribution in [2.75, 3.05) is 36.0 Å². The van der Waals surface area contributed by atoms with Gasteiger partial charge in [0.15, 0.2) is 0 Å². The van der Waals surface area contributed by atoms with E-state index in [1.54, 1.807) is 24.5 Å². The number of nitrogens with zero attached hydrogens (tertiary/aromatic N) is 4. The maximum Gasteiger partial charge on any atom is 0.240 e. The molecule has 0 amide bonds. The second-order valence-corrected chi connectivity index (χ2v) is 8.18. The Kier molecular flexibility index (Phi) is 4.45. The van der Waals surface area contributed by atoms with Crippen LogP contribution in [0, 0.1) is 6.92 Å². The summed E-state index contributed by atoms with van der Waals surface area (Å²) in [6, 6.07) is 12.9. The van der Waals surface area contributed by atoms with E-state index in [0.717, 1.165) is 35.4 Å². The summed E-state index contributed by atoms with van der Waals surface area (Å²) in [5.74, 6) is 0.928. The molecule has 0 radical (unpaired) electrons. The van der Waals surface area contributed by atoms with Crippen LogP contribution in [0.1, 0.15) is 5.56 Å². The van der Waals surface area contributed by atoms with E-state index in [9.17, 15) is 8.42 Å².